The molecule has 4 rings (SSSR count). The number of aryl methyl sites for hydroxylation is 1. The number of carbonyl (C=O) groups excluding carboxylic acids is 1. The highest BCUT2D eigenvalue weighted by molar-refractivity contribution is 6.29. The number of pyridine rings is 1. The molecule has 0 spiro atoms. The molecule has 3 aromatic heterocycles. The van der Waals surface area contributed by atoms with Gasteiger partial charge in [-0.2, -0.15) is 10.1 Å². The molecule has 3 heterocycles. The van der Waals surface area contributed by atoms with E-state index in [1.54, 1.807) is 30.5 Å². The lowest BCUT2D eigenvalue weighted by atomic mass is 10.2. The van der Waals surface area contributed by atoms with Gasteiger partial charge in [-0.25, -0.2) is 10.1 Å². The molecule has 0 bridgehead atoms. The van der Waals surface area contributed by atoms with E-state index in [2.05, 4.69) is 36.0 Å². The SMILES string of the molecule is O=C(CCc1nc(-c2ccc(Cl)nc2)no1)NCCCNc1n[nH]c(=O)c2ccccc12. The van der Waals surface area contributed by atoms with Crippen molar-refractivity contribution in [3.63, 3.8) is 0 Å². The summed E-state index contributed by atoms with van der Waals surface area (Å²) in [5.41, 5.74) is 0.461. The minimum absolute atomic E-state index is 0.106. The first kappa shape index (κ1) is 21.4. The second-order valence-corrected chi connectivity index (χ2v) is 7.35. The van der Waals surface area contributed by atoms with Crippen molar-refractivity contribution in [3.05, 3.63) is 64.0 Å². The average molecular weight is 454 g/mol. The highest BCUT2D eigenvalue weighted by Crippen LogP contribution is 2.17. The van der Waals surface area contributed by atoms with E-state index in [1.165, 1.54) is 0 Å². The van der Waals surface area contributed by atoms with Crippen LogP contribution < -0.4 is 16.2 Å². The van der Waals surface area contributed by atoms with E-state index in [4.69, 9.17) is 16.1 Å². The minimum atomic E-state index is -0.225. The Balaban J connectivity index is 1.18. The number of fused-ring (bicyclic) bond motifs is 1. The van der Waals surface area contributed by atoms with Gasteiger partial charge < -0.3 is 15.2 Å². The smallest absolute Gasteiger partial charge is 0.272 e. The first-order valence-electron chi connectivity index (χ1n) is 10.0. The maximum atomic E-state index is 12.1. The number of rotatable bonds is 9. The van der Waals surface area contributed by atoms with Crippen LogP contribution in [0.4, 0.5) is 5.82 Å². The standard InChI is InChI=1S/C21H20ClN7O3/c22-16-7-6-13(12-25-16)19-26-18(32-29-19)9-8-17(30)23-10-3-11-24-20-14-4-1-2-5-15(14)21(31)28-27-20/h1-2,4-7,12H,3,8-11H2,(H,23,30)(H,24,27)(H,28,31). The molecule has 0 saturated carbocycles. The Labute approximate surface area is 187 Å². The Hall–Kier alpha value is -3.79. The number of amides is 1. The third kappa shape index (κ3) is 5.27. The van der Waals surface area contributed by atoms with Crippen LogP contribution in [0.15, 0.2) is 51.9 Å². The Morgan fingerprint density at radius 2 is 1.97 bits per heavy atom. The summed E-state index contributed by atoms with van der Waals surface area (Å²) in [6.45, 7) is 1.09. The molecule has 10 nitrogen and oxygen atoms in total. The molecule has 0 aliphatic rings. The van der Waals surface area contributed by atoms with E-state index < -0.39 is 0 Å². The molecule has 11 heteroatoms. The van der Waals surface area contributed by atoms with Gasteiger partial charge in [0.2, 0.25) is 17.6 Å². The lowest BCUT2D eigenvalue weighted by Crippen LogP contribution is -2.26. The van der Waals surface area contributed by atoms with Gasteiger partial charge in [0.1, 0.15) is 5.15 Å². The molecule has 164 valence electrons. The molecule has 3 N–H and O–H groups in total. The Morgan fingerprint density at radius 1 is 1.12 bits per heavy atom. The summed E-state index contributed by atoms with van der Waals surface area (Å²) in [7, 11) is 0. The lowest BCUT2D eigenvalue weighted by molar-refractivity contribution is -0.121. The Morgan fingerprint density at radius 3 is 2.78 bits per heavy atom. The summed E-state index contributed by atoms with van der Waals surface area (Å²) in [5, 5.41) is 18.2. The minimum Gasteiger partial charge on any atom is -0.368 e. The largest absolute Gasteiger partial charge is 0.368 e. The van der Waals surface area contributed by atoms with E-state index in [9.17, 15) is 9.59 Å². The van der Waals surface area contributed by atoms with Crippen molar-refractivity contribution in [1.29, 1.82) is 0 Å². The van der Waals surface area contributed by atoms with Gasteiger partial charge in [0.25, 0.3) is 5.56 Å². The zero-order valence-electron chi connectivity index (χ0n) is 17.0. The van der Waals surface area contributed by atoms with E-state index in [1.807, 2.05) is 12.1 Å². The van der Waals surface area contributed by atoms with Crippen LogP contribution in [0.25, 0.3) is 22.2 Å². The quantitative estimate of drug-likeness (QED) is 0.259. The van der Waals surface area contributed by atoms with Crippen molar-refractivity contribution in [2.24, 2.45) is 0 Å². The summed E-state index contributed by atoms with van der Waals surface area (Å²) < 4.78 is 5.19. The third-order valence-corrected chi connectivity index (χ3v) is 4.91. The predicted octanol–water partition coefficient (Wildman–Crippen LogP) is 2.57. The molecule has 0 aliphatic heterocycles. The van der Waals surface area contributed by atoms with E-state index in [0.29, 0.717) is 59.6 Å². The fourth-order valence-electron chi connectivity index (χ4n) is 3.06. The van der Waals surface area contributed by atoms with Gasteiger partial charge in [-0.15, -0.1) is 0 Å². The number of halogens is 1. The summed E-state index contributed by atoms with van der Waals surface area (Å²) >= 11 is 5.77. The van der Waals surface area contributed by atoms with Gasteiger partial charge in [-0.05, 0) is 24.6 Å². The van der Waals surface area contributed by atoms with E-state index >= 15 is 0 Å². The third-order valence-electron chi connectivity index (χ3n) is 4.68. The second-order valence-electron chi connectivity index (χ2n) is 6.96. The summed E-state index contributed by atoms with van der Waals surface area (Å²) in [6, 6.07) is 10.6. The van der Waals surface area contributed by atoms with Crippen LogP contribution in [-0.2, 0) is 11.2 Å². The van der Waals surface area contributed by atoms with Crippen LogP contribution in [0.5, 0.6) is 0 Å². The number of anilines is 1. The normalized spacial score (nSPS) is 10.9. The van der Waals surface area contributed by atoms with Crippen LogP contribution in [0, 0.1) is 0 Å². The van der Waals surface area contributed by atoms with Gasteiger partial charge in [-0.1, -0.05) is 35.0 Å². The molecule has 32 heavy (non-hydrogen) atoms. The Bertz CT molecular complexity index is 1270. The monoisotopic (exact) mass is 453 g/mol. The molecule has 0 radical (unpaired) electrons. The van der Waals surface area contributed by atoms with E-state index in [-0.39, 0.29) is 17.9 Å². The number of carbonyl (C=O) groups is 1. The molecule has 0 unspecified atom stereocenters. The number of H-pyrrole nitrogens is 1. The average Bonchev–Trinajstić information content (AvgIpc) is 3.28. The predicted molar refractivity (Wildman–Crippen MR) is 119 cm³/mol. The fraction of sp³-hybridized carbons (Fsp3) is 0.238. The van der Waals surface area contributed by atoms with Gasteiger partial charge in [-0.3, -0.25) is 9.59 Å². The number of nitrogens with zero attached hydrogens (tertiary/aromatic N) is 4. The van der Waals surface area contributed by atoms with Crippen LogP contribution in [0.2, 0.25) is 5.15 Å². The van der Waals surface area contributed by atoms with E-state index in [0.717, 1.165) is 5.39 Å². The zero-order chi connectivity index (χ0) is 22.3. The van der Waals surface area contributed by atoms with Crippen LogP contribution in [0.3, 0.4) is 0 Å². The van der Waals surface area contributed by atoms with Crippen molar-refractivity contribution < 1.29 is 9.32 Å². The van der Waals surface area contributed by atoms with Crippen LogP contribution in [0.1, 0.15) is 18.7 Å². The van der Waals surface area contributed by atoms with Gasteiger partial charge >= 0.3 is 0 Å². The van der Waals surface area contributed by atoms with Crippen molar-refractivity contribution in [2.45, 2.75) is 19.3 Å². The summed E-state index contributed by atoms with van der Waals surface area (Å²) in [5.74, 6) is 1.28. The van der Waals surface area contributed by atoms with Crippen molar-refractivity contribution >= 4 is 34.1 Å². The highest BCUT2D eigenvalue weighted by Gasteiger charge is 2.11. The second kappa shape index (κ2) is 10.0. The topological polar surface area (TPSA) is 139 Å². The molecule has 1 amide bonds. The maximum Gasteiger partial charge on any atom is 0.272 e. The molecule has 4 aromatic rings. The van der Waals surface area contributed by atoms with Crippen molar-refractivity contribution in [2.75, 3.05) is 18.4 Å². The first-order chi connectivity index (χ1) is 15.6. The van der Waals surface area contributed by atoms with Gasteiger partial charge in [0.05, 0.1) is 5.39 Å². The van der Waals surface area contributed by atoms with Crippen molar-refractivity contribution in [1.82, 2.24) is 30.6 Å². The first-order valence-corrected chi connectivity index (χ1v) is 10.4. The number of hydrogen-bond acceptors (Lipinski definition) is 8. The van der Waals surface area contributed by atoms with Gasteiger partial charge in [0.15, 0.2) is 5.82 Å². The molecule has 0 aliphatic carbocycles. The van der Waals surface area contributed by atoms with Crippen LogP contribution in [-0.4, -0.2) is 44.3 Å². The zero-order valence-corrected chi connectivity index (χ0v) is 17.7. The number of nitrogens with one attached hydrogen (secondary N) is 3. The number of aromatic nitrogens is 5. The van der Waals surface area contributed by atoms with Gasteiger partial charge in [0, 0.05) is 43.1 Å². The van der Waals surface area contributed by atoms with Crippen LogP contribution >= 0.6 is 11.6 Å². The fourth-order valence-corrected chi connectivity index (χ4v) is 3.17. The lowest BCUT2D eigenvalue weighted by Gasteiger charge is -2.08. The van der Waals surface area contributed by atoms with Crippen molar-refractivity contribution in [3.8, 4) is 11.4 Å². The molecule has 0 atom stereocenters. The molecule has 0 saturated heterocycles. The molecule has 0 fully saturated rings. The number of aromatic amines is 1. The molecular formula is C21H20ClN7O3. The number of hydrogen-bond donors (Lipinski definition) is 3. The number of benzene rings is 1. The summed E-state index contributed by atoms with van der Waals surface area (Å²) in [6.07, 6.45) is 2.82. The Kier molecular flexibility index (Phi) is 6.71. The summed E-state index contributed by atoms with van der Waals surface area (Å²) in [4.78, 5) is 32.1. The maximum absolute atomic E-state index is 12.1. The molecule has 1 aromatic carbocycles. The highest BCUT2D eigenvalue weighted by atomic mass is 35.5. The molecular weight excluding hydrogens is 434 g/mol.